The molecule has 0 heterocycles. The first-order chi connectivity index (χ1) is 20.3. The van der Waals surface area contributed by atoms with Crippen molar-refractivity contribution in [2.75, 3.05) is 0 Å². The van der Waals surface area contributed by atoms with E-state index in [1.807, 2.05) is 0 Å². The van der Waals surface area contributed by atoms with Crippen molar-refractivity contribution in [1.29, 1.82) is 0 Å². The summed E-state index contributed by atoms with van der Waals surface area (Å²) >= 11 is 0. The molecule has 9 rings (SSSR count). The quantitative estimate of drug-likeness (QED) is 0.190. The van der Waals surface area contributed by atoms with Crippen LogP contribution in [0.15, 0.2) is 140 Å². The van der Waals surface area contributed by atoms with Gasteiger partial charge >= 0.3 is 0 Å². The molecule has 0 aliphatic heterocycles. The molecule has 0 bridgehead atoms. The lowest BCUT2D eigenvalue weighted by Gasteiger charge is -2.28. The minimum atomic E-state index is 0.899. The molecule has 0 aromatic heterocycles. The van der Waals surface area contributed by atoms with Gasteiger partial charge in [-0.3, -0.25) is 0 Å². The molecule has 0 unspecified atom stereocenters. The Morgan fingerprint density at radius 2 is 0.878 bits per heavy atom. The van der Waals surface area contributed by atoms with Crippen molar-refractivity contribution >= 4 is 65.5 Å². The van der Waals surface area contributed by atoms with Crippen molar-refractivity contribution in [2.24, 2.45) is 0 Å². The molecule has 0 heteroatoms. The summed E-state index contributed by atoms with van der Waals surface area (Å²) in [5, 5.41) is 13.1. The van der Waals surface area contributed by atoms with Crippen LogP contribution in [0.25, 0.3) is 76.6 Å². The van der Waals surface area contributed by atoms with E-state index in [9.17, 15) is 0 Å². The number of fused-ring (bicyclic) bond motifs is 13. The van der Waals surface area contributed by atoms with Crippen LogP contribution < -0.4 is 0 Å². The summed E-state index contributed by atoms with van der Waals surface area (Å²) < 4.78 is 0. The highest BCUT2D eigenvalue weighted by atomic mass is 14.3. The first kappa shape index (κ1) is 22.6. The molecule has 0 fully saturated rings. The van der Waals surface area contributed by atoms with E-state index in [0.717, 1.165) is 6.42 Å². The molecule has 0 spiro atoms. The first-order valence-corrected chi connectivity index (χ1v) is 14.4. The fourth-order valence-electron chi connectivity index (χ4n) is 7.30. The summed E-state index contributed by atoms with van der Waals surface area (Å²) in [7, 11) is 0. The fourth-order valence-corrected chi connectivity index (χ4v) is 7.30. The van der Waals surface area contributed by atoms with Gasteiger partial charge in [0.05, 0.1) is 0 Å². The molecule has 0 radical (unpaired) electrons. The number of allylic oxidation sites excluding steroid dienone is 1. The molecule has 0 nitrogen and oxygen atoms in total. The van der Waals surface area contributed by atoms with Gasteiger partial charge in [0, 0.05) is 0 Å². The van der Waals surface area contributed by atoms with Gasteiger partial charge in [-0.2, -0.15) is 0 Å². The van der Waals surface area contributed by atoms with E-state index in [1.54, 1.807) is 0 Å². The molecular formula is C41H26. The standard InChI is InChI=1S/C41H26/c1-4-15-33-26(11-1)21-22-28-24-30(25-29-23-27-12-2-3-13-31(27)34-16-6-5-14-32(29)34)40-37-19-9-7-17-35(37)36-18-8-10-20-38(36)41(40)39(28)33/h1-23,25H,24H2/b30-25-. The van der Waals surface area contributed by atoms with Crippen molar-refractivity contribution in [3.63, 3.8) is 0 Å². The predicted molar refractivity (Wildman–Crippen MR) is 177 cm³/mol. The van der Waals surface area contributed by atoms with E-state index in [-0.39, 0.29) is 0 Å². The summed E-state index contributed by atoms with van der Waals surface area (Å²) in [6.45, 7) is 0. The van der Waals surface area contributed by atoms with E-state index in [2.05, 4.69) is 146 Å². The Bertz CT molecular complexity index is 2390. The molecule has 0 saturated heterocycles. The summed E-state index contributed by atoms with van der Waals surface area (Å²) in [4.78, 5) is 0. The second kappa shape index (κ2) is 8.65. The highest BCUT2D eigenvalue weighted by Crippen LogP contribution is 2.50. The van der Waals surface area contributed by atoms with Crippen molar-refractivity contribution in [1.82, 2.24) is 0 Å². The van der Waals surface area contributed by atoms with Crippen LogP contribution in [0.1, 0.15) is 16.7 Å². The normalized spacial score (nSPS) is 13.8. The van der Waals surface area contributed by atoms with Crippen LogP contribution in [-0.4, -0.2) is 0 Å². The van der Waals surface area contributed by atoms with Gasteiger partial charge in [-0.25, -0.2) is 0 Å². The molecule has 0 saturated carbocycles. The maximum Gasteiger partial charge on any atom is -0.00128 e. The minimum absolute atomic E-state index is 0.899. The van der Waals surface area contributed by atoms with Crippen LogP contribution in [-0.2, 0) is 6.42 Å². The largest absolute Gasteiger partial charge is 0.0616 e. The van der Waals surface area contributed by atoms with Gasteiger partial charge in [0.2, 0.25) is 0 Å². The molecule has 190 valence electrons. The number of hydrogen-bond acceptors (Lipinski definition) is 0. The Morgan fingerprint density at radius 3 is 1.59 bits per heavy atom. The van der Waals surface area contributed by atoms with Crippen molar-refractivity contribution in [2.45, 2.75) is 6.42 Å². The number of rotatable bonds is 1. The number of benzene rings is 8. The molecule has 1 aliphatic carbocycles. The maximum atomic E-state index is 2.48. The highest BCUT2D eigenvalue weighted by molar-refractivity contribution is 6.24. The van der Waals surface area contributed by atoms with E-state index in [4.69, 9.17) is 0 Å². The van der Waals surface area contributed by atoms with Gasteiger partial charge in [0.25, 0.3) is 0 Å². The zero-order valence-electron chi connectivity index (χ0n) is 22.6. The predicted octanol–water partition coefficient (Wildman–Crippen LogP) is 11.2. The lowest BCUT2D eigenvalue weighted by atomic mass is 9.75. The third kappa shape index (κ3) is 3.28. The SMILES string of the molecule is C(=C1\Cc2ccc3ccccc3c2-c2c1c1ccccc1c1ccccc21)/c1cc2ccccc2c2ccccc12. The van der Waals surface area contributed by atoms with Crippen molar-refractivity contribution in [3.8, 4) is 11.1 Å². The Balaban J connectivity index is 1.46. The fraction of sp³-hybridized carbons (Fsp3) is 0.0244. The van der Waals surface area contributed by atoms with Crippen LogP contribution in [0, 0.1) is 0 Å². The minimum Gasteiger partial charge on any atom is -0.0616 e. The van der Waals surface area contributed by atoms with E-state index < -0.39 is 0 Å². The van der Waals surface area contributed by atoms with Crippen LogP contribution in [0.3, 0.4) is 0 Å². The Labute approximate surface area is 238 Å². The van der Waals surface area contributed by atoms with Crippen molar-refractivity contribution < 1.29 is 0 Å². The molecule has 8 aromatic carbocycles. The molecule has 0 N–H and O–H groups in total. The van der Waals surface area contributed by atoms with Gasteiger partial charge in [0.15, 0.2) is 0 Å². The van der Waals surface area contributed by atoms with Crippen LogP contribution >= 0.6 is 0 Å². The third-order valence-electron chi connectivity index (χ3n) is 9.03. The Morgan fingerprint density at radius 1 is 0.366 bits per heavy atom. The van der Waals surface area contributed by atoms with E-state index in [0.29, 0.717) is 0 Å². The second-order valence-corrected chi connectivity index (χ2v) is 11.2. The average Bonchev–Trinajstić information content (AvgIpc) is 3.04. The van der Waals surface area contributed by atoms with Gasteiger partial charge < -0.3 is 0 Å². The first-order valence-electron chi connectivity index (χ1n) is 14.4. The molecule has 0 amide bonds. The zero-order chi connectivity index (χ0) is 26.9. The van der Waals surface area contributed by atoms with Gasteiger partial charge in [-0.1, -0.05) is 140 Å². The lowest BCUT2D eigenvalue weighted by Crippen LogP contribution is -2.06. The Hall–Kier alpha value is -5.20. The summed E-state index contributed by atoms with van der Waals surface area (Å²) in [5.41, 5.74) is 8.19. The van der Waals surface area contributed by atoms with Crippen LogP contribution in [0.5, 0.6) is 0 Å². The summed E-state index contributed by atoms with van der Waals surface area (Å²) in [5.74, 6) is 0. The Kier molecular flexibility index (Phi) is 4.77. The lowest BCUT2D eigenvalue weighted by molar-refractivity contribution is 1.28. The molecule has 0 atom stereocenters. The molecular weight excluding hydrogens is 492 g/mol. The molecule has 8 aromatic rings. The molecule has 1 aliphatic rings. The van der Waals surface area contributed by atoms with Gasteiger partial charge in [-0.05, 0) is 99.7 Å². The molecule has 41 heavy (non-hydrogen) atoms. The third-order valence-corrected chi connectivity index (χ3v) is 9.03. The highest BCUT2D eigenvalue weighted by Gasteiger charge is 2.27. The van der Waals surface area contributed by atoms with E-state index >= 15 is 0 Å². The van der Waals surface area contributed by atoms with Crippen LogP contribution in [0.4, 0.5) is 0 Å². The summed E-state index contributed by atoms with van der Waals surface area (Å²) in [6, 6.07) is 51.5. The second-order valence-electron chi connectivity index (χ2n) is 11.2. The maximum absolute atomic E-state index is 2.48. The van der Waals surface area contributed by atoms with E-state index in [1.165, 1.54) is 87.3 Å². The van der Waals surface area contributed by atoms with Gasteiger partial charge in [0.1, 0.15) is 0 Å². The van der Waals surface area contributed by atoms with Crippen LogP contribution in [0.2, 0.25) is 0 Å². The smallest absolute Gasteiger partial charge is 0.00128 e. The van der Waals surface area contributed by atoms with Crippen molar-refractivity contribution in [3.05, 3.63) is 156 Å². The number of hydrogen-bond donors (Lipinski definition) is 0. The monoisotopic (exact) mass is 518 g/mol. The topological polar surface area (TPSA) is 0 Å². The summed E-state index contributed by atoms with van der Waals surface area (Å²) in [6.07, 6.45) is 3.38. The average molecular weight is 519 g/mol. The van der Waals surface area contributed by atoms with Gasteiger partial charge in [-0.15, -0.1) is 0 Å². The zero-order valence-corrected chi connectivity index (χ0v) is 22.6.